The third kappa shape index (κ3) is 6.64. The van der Waals surface area contributed by atoms with Crippen molar-refractivity contribution in [2.75, 3.05) is 20.2 Å². The average molecular weight is 483 g/mol. The van der Waals surface area contributed by atoms with Gasteiger partial charge >= 0.3 is 0 Å². The second-order valence-electron chi connectivity index (χ2n) is 8.42. The Morgan fingerprint density at radius 3 is 2.18 bits per heavy atom. The number of rotatable bonds is 11. The maximum atomic E-state index is 13.0. The van der Waals surface area contributed by atoms with E-state index in [1.54, 1.807) is 22.7 Å². The maximum absolute atomic E-state index is 13.0. The minimum absolute atomic E-state index is 0.0218. The molecule has 1 aromatic carbocycles. The van der Waals surface area contributed by atoms with Gasteiger partial charge in [0.1, 0.15) is 0 Å². The number of nitrogens with zero attached hydrogens (tertiary/aromatic N) is 1. The molecule has 33 heavy (non-hydrogen) atoms. The molecule has 0 saturated heterocycles. The van der Waals surface area contributed by atoms with Gasteiger partial charge in [-0.1, -0.05) is 36.4 Å². The Kier molecular flexibility index (Phi) is 9.44. The van der Waals surface area contributed by atoms with Gasteiger partial charge < -0.3 is 10.4 Å². The summed E-state index contributed by atoms with van der Waals surface area (Å²) in [6.07, 6.45) is 3.53. The van der Waals surface area contributed by atoms with Crippen molar-refractivity contribution in [2.45, 2.75) is 45.7 Å². The first-order valence-corrected chi connectivity index (χ1v) is 13.1. The first-order chi connectivity index (χ1) is 15.9. The number of carbonyl (C=O) groups is 1. The maximum Gasteiger partial charge on any atom is 0.237 e. The number of aliphatic hydroxyl groups excluding tert-OH is 1. The van der Waals surface area contributed by atoms with Crippen LogP contribution in [0.4, 0.5) is 0 Å². The molecule has 2 heterocycles. The van der Waals surface area contributed by atoms with Gasteiger partial charge in [-0.15, -0.1) is 22.7 Å². The smallest absolute Gasteiger partial charge is 0.237 e. The molecule has 4 nitrogen and oxygen atoms in total. The topological polar surface area (TPSA) is 52.6 Å². The number of carbonyl (C=O) groups excluding carboxylic acids is 1. The van der Waals surface area contributed by atoms with Gasteiger partial charge in [-0.3, -0.25) is 9.69 Å². The van der Waals surface area contributed by atoms with E-state index >= 15 is 0 Å². The van der Waals surface area contributed by atoms with Gasteiger partial charge in [0.25, 0.3) is 0 Å². The largest absolute Gasteiger partial charge is 0.396 e. The van der Waals surface area contributed by atoms with Crippen LogP contribution in [0.15, 0.2) is 59.3 Å². The first kappa shape index (κ1) is 25.4. The number of nitrogens with one attached hydrogen (secondary N) is 1. The van der Waals surface area contributed by atoms with Crippen LogP contribution >= 0.6 is 22.7 Å². The van der Waals surface area contributed by atoms with E-state index in [0.29, 0.717) is 6.42 Å². The van der Waals surface area contributed by atoms with Crippen LogP contribution in [0.2, 0.25) is 0 Å². The van der Waals surface area contributed by atoms with Crippen LogP contribution in [0, 0.1) is 13.8 Å². The van der Waals surface area contributed by atoms with E-state index in [9.17, 15) is 9.90 Å². The molecule has 2 unspecified atom stereocenters. The Balaban J connectivity index is 1.69. The highest BCUT2D eigenvalue weighted by molar-refractivity contribution is 7.14. The molecule has 0 spiro atoms. The zero-order valence-electron chi connectivity index (χ0n) is 19.9. The minimum atomic E-state index is -0.370. The van der Waals surface area contributed by atoms with Crippen molar-refractivity contribution in [3.05, 3.63) is 85.7 Å². The molecule has 3 rings (SSSR count). The fraction of sp³-hybridized carbons (Fsp3) is 0.370. The van der Waals surface area contributed by atoms with Crippen LogP contribution < -0.4 is 5.32 Å². The highest BCUT2D eigenvalue weighted by atomic mass is 32.1. The van der Waals surface area contributed by atoms with Gasteiger partial charge in [-0.2, -0.15) is 0 Å². The fourth-order valence-electron chi connectivity index (χ4n) is 3.96. The summed E-state index contributed by atoms with van der Waals surface area (Å²) >= 11 is 3.55. The van der Waals surface area contributed by atoms with Crippen LogP contribution in [0.5, 0.6) is 0 Å². The van der Waals surface area contributed by atoms with Crippen molar-refractivity contribution in [1.29, 1.82) is 0 Å². The lowest BCUT2D eigenvalue weighted by Gasteiger charge is -2.28. The summed E-state index contributed by atoms with van der Waals surface area (Å²) in [7, 11) is 1.97. The summed E-state index contributed by atoms with van der Waals surface area (Å²) in [6.45, 7) is 7.02. The average Bonchev–Trinajstić information content (AvgIpc) is 3.43. The molecule has 2 N–H and O–H groups in total. The lowest BCUT2D eigenvalue weighted by molar-refractivity contribution is -0.127. The van der Waals surface area contributed by atoms with E-state index in [0.717, 1.165) is 18.5 Å². The molecule has 0 bridgehead atoms. The van der Waals surface area contributed by atoms with E-state index in [-0.39, 0.29) is 24.6 Å². The van der Waals surface area contributed by atoms with Crippen molar-refractivity contribution < 1.29 is 9.90 Å². The summed E-state index contributed by atoms with van der Waals surface area (Å²) in [5.74, 6) is -0.0460. The number of hydrogen-bond donors (Lipinski definition) is 2. The van der Waals surface area contributed by atoms with Crippen molar-refractivity contribution in [2.24, 2.45) is 0 Å². The monoisotopic (exact) mass is 482 g/mol. The van der Waals surface area contributed by atoms with Crippen LogP contribution in [0.1, 0.15) is 52.3 Å². The third-order valence-corrected chi connectivity index (χ3v) is 8.04. The molecule has 0 aliphatic heterocycles. The number of aryl methyl sites for hydroxylation is 2. The number of hydrogen-bond acceptors (Lipinski definition) is 5. The standard InChI is InChI=1S/C27H34N2O2S2/c1-19-13-17-32-25(19)23(26-20(2)14-18-33-26)11-8-15-29(4)24(12-16-30)27(31)28-21(3)22-9-6-5-7-10-22/h5-7,9-11,13-14,17-18,21,24,30H,8,12,15-16H2,1-4H3,(H,28,31). The Labute approximate surface area is 205 Å². The molecular weight excluding hydrogens is 448 g/mol. The fourth-order valence-corrected chi connectivity index (χ4v) is 5.98. The second-order valence-corrected chi connectivity index (χ2v) is 10.3. The summed E-state index contributed by atoms with van der Waals surface area (Å²) in [5.41, 5.74) is 4.94. The minimum Gasteiger partial charge on any atom is -0.396 e. The summed E-state index contributed by atoms with van der Waals surface area (Å²) in [4.78, 5) is 17.7. The molecule has 0 saturated carbocycles. The van der Waals surface area contributed by atoms with E-state index in [1.165, 1.54) is 26.5 Å². The van der Waals surface area contributed by atoms with Crippen molar-refractivity contribution in [1.82, 2.24) is 10.2 Å². The molecule has 3 aromatic rings. The SMILES string of the molecule is Cc1ccsc1C(=CCCN(C)C(CCO)C(=O)NC(C)c1ccccc1)c1sccc1C. The normalized spacial score (nSPS) is 13.0. The molecule has 0 radical (unpaired) electrons. The molecule has 0 aliphatic carbocycles. The van der Waals surface area contributed by atoms with Gasteiger partial charge in [0.2, 0.25) is 5.91 Å². The Morgan fingerprint density at radius 2 is 1.67 bits per heavy atom. The molecule has 1 amide bonds. The molecule has 6 heteroatoms. The van der Waals surface area contributed by atoms with E-state index in [1.807, 2.05) is 44.3 Å². The predicted molar refractivity (Wildman–Crippen MR) is 141 cm³/mol. The van der Waals surface area contributed by atoms with Crippen LogP contribution in [-0.4, -0.2) is 42.2 Å². The number of benzene rings is 1. The van der Waals surface area contributed by atoms with Crippen LogP contribution in [-0.2, 0) is 4.79 Å². The van der Waals surface area contributed by atoms with Gasteiger partial charge in [0.15, 0.2) is 0 Å². The number of aliphatic hydroxyl groups is 1. The lowest BCUT2D eigenvalue weighted by atomic mass is 10.0. The quantitative estimate of drug-likeness (QED) is 0.363. The van der Waals surface area contributed by atoms with Crippen LogP contribution in [0.25, 0.3) is 5.57 Å². The Morgan fingerprint density at radius 1 is 1.06 bits per heavy atom. The highest BCUT2D eigenvalue weighted by Gasteiger charge is 2.24. The van der Waals surface area contributed by atoms with E-state index < -0.39 is 0 Å². The molecule has 176 valence electrons. The van der Waals surface area contributed by atoms with Gasteiger partial charge in [-0.25, -0.2) is 0 Å². The summed E-state index contributed by atoms with van der Waals surface area (Å²) in [6, 6.07) is 13.8. The summed E-state index contributed by atoms with van der Waals surface area (Å²) in [5, 5.41) is 17.0. The number of thiophene rings is 2. The molecular formula is C27H34N2O2S2. The molecule has 2 aromatic heterocycles. The molecule has 0 fully saturated rings. The zero-order valence-corrected chi connectivity index (χ0v) is 21.5. The van der Waals surface area contributed by atoms with Crippen molar-refractivity contribution >= 4 is 34.2 Å². The van der Waals surface area contributed by atoms with Gasteiger partial charge in [-0.05, 0) is 80.2 Å². The van der Waals surface area contributed by atoms with Crippen molar-refractivity contribution in [3.63, 3.8) is 0 Å². The third-order valence-electron chi connectivity index (χ3n) is 5.94. The second kappa shape index (κ2) is 12.3. The summed E-state index contributed by atoms with van der Waals surface area (Å²) < 4.78 is 0. The number of amides is 1. The van der Waals surface area contributed by atoms with Gasteiger partial charge in [0.05, 0.1) is 12.1 Å². The van der Waals surface area contributed by atoms with Gasteiger partial charge in [0, 0.05) is 28.5 Å². The van der Waals surface area contributed by atoms with Crippen molar-refractivity contribution in [3.8, 4) is 0 Å². The molecule has 0 aliphatic rings. The van der Waals surface area contributed by atoms with E-state index in [4.69, 9.17) is 0 Å². The lowest BCUT2D eigenvalue weighted by Crippen LogP contribution is -2.46. The van der Waals surface area contributed by atoms with Crippen LogP contribution in [0.3, 0.4) is 0 Å². The number of likely N-dealkylation sites (N-methyl/N-ethyl adjacent to an activating group) is 1. The predicted octanol–water partition coefficient (Wildman–Crippen LogP) is 5.81. The van der Waals surface area contributed by atoms with E-state index in [2.05, 4.69) is 53.0 Å². The molecule has 2 atom stereocenters. The highest BCUT2D eigenvalue weighted by Crippen LogP contribution is 2.35. The Hall–Kier alpha value is -2.25. The first-order valence-electron chi connectivity index (χ1n) is 11.4. The Bertz CT molecular complexity index is 1010. The zero-order chi connectivity index (χ0) is 23.8.